The number of nitrogens with zero attached hydrogens (tertiary/aromatic N) is 1. The second-order valence-electron chi connectivity index (χ2n) is 5.05. The Labute approximate surface area is 97.8 Å². The van der Waals surface area contributed by atoms with Gasteiger partial charge < -0.3 is 10.6 Å². The maximum Gasteiger partial charge on any atom is 0.234 e. The molecule has 16 heavy (non-hydrogen) atoms. The van der Waals surface area contributed by atoms with Gasteiger partial charge in [0.05, 0.1) is 6.54 Å². The van der Waals surface area contributed by atoms with Crippen molar-refractivity contribution in [3.8, 4) is 0 Å². The molecule has 0 bridgehead atoms. The summed E-state index contributed by atoms with van der Waals surface area (Å²) < 4.78 is 0. The van der Waals surface area contributed by atoms with Crippen molar-refractivity contribution in [3.63, 3.8) is 0 Å². The average Bonchev–Trinajstić information content (AvgIpc) is 2.95. The van der Waals surface area contributed by atoms with E-state index >= 15 is 0 Å². The molecule has 0 aromatic carbocycles. The van der Waals surface area contributed by atoms with Crippen LogP contribution < -0.4 is 10.6 Å². The van der Waals surface area contributed by atoms with Gasteiger partial charge in [-0.25, -0.2) is 0 Å². The molecule has 0 aromatic heterocycles. The van der Waals surface area contributed by atoms with Gasteiger partial charge in [0.1, 0.15) is 0 Å². The summed E-state index contributed by atoms with van der Waals surface area (Å²) >= 11 is 0. The fourth-order valence-electron chi connectivity index (χ4n) is 2.16. The summed E-state index contributed by atoms with van der Waals surface area (Å²) in [5.41, 5.74) is 0. The van der Waals surface area contributed by atoms with Crippen LogP contribution in [0, 0.1) is 0 Å². The number of carbonyl (C=O) groups is 1. The van der Waals surface area contributed by atoms with Gasteiger partial charge in [0.15, 0.2) is 0 Å². The molecule has 1 saturated heterocycles. The highest BCUT2D eigenvalue weighted by atomic mass is 16.1. The van der Waals surface area contributed by atoms with Gasteiger partial charge in [-0.15, -0.1) is 0 Å². The second kappa shape index (κ2) is 5.64. The molecule has 0 radical (unpaired) electrons. The molecule has 1 unspecified atom stereocenters. The first-order chi connectivity index (χ1) is 7.75. The van der Waals surface area contributed by atoms with Crippen LogP contribution >= 0.6 is 0 Å². The van der Waals surface area contributed by atoms with Gasteiger partial charge in [-0.1, -0.05) is 0 Å². The van der Waals surface area contributed by atoms with Crippen molar-refractivity contribution < 1.29 is 4.79 Å². The van der Waals surface area contributed by atoms with E-state index in [1.807, 2.05) is 0 Å². The van der Waals surface area contributed by atoms with Crippen LogP contribution in [0.15, 0.2) is 0 Å². The van der Waals surface area contributed by atoms with Crippen LogP contribution in [0.5, 0.6) is 0 Å². The molecule has 2 rings (SSSR count). The minimum atomic E-state index is 0.137. The number of rotatable bonds is 6. The lowest BCUT2D eigenvalue weighted by molar-refractivity contribution is -0.120. The molecule has 2 N–H and O–H groups in total. The summed E-state index contributed by atoms with van der Waals surface area (Å²) in [7, 11) is 0. The van der Waals surface area contributed by atoms with Crippen molar-refractivity contribution in [3.05, 3.63) is 0 Å². The van der Waals surface area contributed by atoms with E-state index in [4.69, 9.17) is 0 Å². The lowest BCUT2D eigenvalue weighted by Gasteiger charge is -2.23. The first kappa shape index (κ1) is 11.9. The topological polar surface area (TPSA) is 44.4 Å². The summed E-state index contributed by atoms with van der Waals surface area (Å²) in [5, 5.41) is 6.22. The summed E-state index contributed by atoms with van der Waals surface area (Å²) in [6.07, 6.45) is 5.08. The third kappa shape index (κ3) is 3.76. The van der Waals surface area contributed by atoms with Crippen LogP contribution in [0.4, 0.5) is 0 Å². The van der Waals surface area contributed by atoms with E-state index in [1.165, 1.54) is 38.8 Å². The summed E-state index contributed by atoms with van der Waals surface area (Å²) in [5.74, 6) is 0.137. The average molecular weight is 225 g/mol. The smallest absolute Gasteiger partial charge is 0.234 e. The summed E-state index contributed by atoms with van der Waals surface area (Å²) in [6, 6.07) is 1.09. The molecule has 4 heteroatoms. The minimum Gasteiger partial charge on any atom is -0.353 e. The number of amides is 1. The Hall–Kier alpha value is -0.610. The van der Waals surface area contributed by atoms with Crippen LogP contribution in [0.25, 0.3) is 0 Å². The highest BCUT2D eigenvalue weighted by molar-refractivity contribution is 5.78. The molecule has 1 aliphatic heterocycles. The predicted octanol–water partition coefficient (Wildman–Crippen LogP) is 0.339. The van der Waals surface area contributed by atoms with E-state index in [0.717, 1.165) is 6.54 Å². The van der Waals surface area contributed by atoms with Crippen molar-refractivity contribution in [2.24, 2.45) is 0 Å². The third-order valence-electron chi connectivity index (χ3n) is 3.49. The molecule has 0 spiro atoms. The zero-order valence-corrected chi connectivity index (χ0v) is 10.2. The Balaban J connectivity index is 1.55. The molecule has 1 aliphatic carbocycles. The van der Waals surface area contributed by atoms with Gasteiger partial charge in [0.2, 0.25) is 5.91 Å². The zero-order chi connectivity index (χ0) is 11.4. The van der Waals surface area contributed by atoms with Crippen molar-refractivity contribution in [1.82, 2.24) is 15.5 Å². The molecule has 92 valence electrons. The van der Waals surface area contributed by atoms with Crippen LogP contribution in [-0.2, 0) is 4.79 Å². The number of likely N-dealkylation sites (tertiary alicyclic amines) is 1. The number of hydrogen-bond donors (Lipinski definition) is 2. The summed E-state index contributed by atoms with van der Waals surface area (Å²) in [4.78, 5) is 14.0. The first-order valence-electron chi connectivity index (χ1n) is 6.50. The highest BCUT2D eigenvalue weighted by Gasteiger charge is 2.22. The van der Waals surface area contributed by atoms with Crippen LogP contribution in [-0.4, -0.2) is 49.1 Å². The monoisotopic (exact) mass is 225 g/mol. The lowest BCUT2D eigenvalue weighted by Crippen LogP contribution is -2.43. The minimum absolute atomic E-state index is 0.137. The third-order valence-corrected chi connectivity index (χ3v) is 3.49. The Morgan fingerprint density at radius 3 is 2.69 bits per heavy atom. The fourth-order valence-corrected chi connectivity index (χ4v) is 2.16. The van der Waals surface area contributed by atoms with E-state index in [-0.39, 0.29) is 5.91 Å². The standard InChI is InChI=1S/C12H23N3O/c1-10(15-6-2-3-7-15)8-14-12(16)9-13-11-4-5-11/h10-11,13H,2-9H2,1H3,(H,14,16). The maximum atomic E-state index is 11.5. The molecule has 2 fully saturated rings. The molecule has 1 saturated carbocycles. The number of carbonyl (C=O) groups excluding carboxylic acids is 1. The van der Waals surface area contributed by atoms with E-state index in [0.29, 0.717) is 18.6 Å². The number of hydrogen-bond acceptors (Lipinski definition) is 3. The second-order valence-corrected chi connectivity index (χ2v) is 5.05. The van der Waals surface area contributed by atoms with Crippen molar-refractivity contribution >= 4 is 5.91 Å². The lowest BCUT2D eigenvalue weighted by atomic mass is 10.3. The maximum absolute atomic E-state index is 11.5. The molecular formula is C12H23N3O. The Morgan fingerprint density at radius 1 is 1.38 bits per heavy atom. The Bertz CT molecular complexity index is 234. The van der Waals surface area contributed by atoms with Gasteiger partial charge in [-0.2, -0.15) is 0 Å². The molecule has 1 atom stereocenters. The van der Waals surface area contributed by atoms with Crippen molar-refractivity contribution in [1.29, 1.82) is 0 Å². The van der Waals surface area contributed by atoms with Gasteiger partial charge in [0.25, 0.3) is 0 Å². The van der Waals surface area contributed by atoms with E-state index < -0.39 is 0 Å². The summed E-state index contributed by atoms with van der Waals surface area (Å²) in [6.45, 7) is 5.84. The van der Waals surface area contributed by atoms with Crippen molar-refractivity contribution in [2.75, 3.05) is 26.2 Å². The van der Waals surface area contributed by atoms with Gasteiger partial charge in [0, 0.05) is 18.6 Å². The van der Waals surface area contributed by atoms with Gasteiger partial charge in [-0.3, -0.25) is 9.69 Å². The predicted molar refractivity (Wildman–Crippen MR) is 64.3 cm³/mol. The molecule has 1 heterocycles. The quantitative estimate of drug-likeness (QED) is 0.685. The van der Waals surface area contributed by atoms with Crippen LogP contribution in [0.2, 0.25) is 0 Å². The first-order valence-corrected chi connectivity index (χ1v) is 6.50. The zero-order valence-electron chi connectivity index (χ0n) is 10.2. The fraction of sp³-hybridized carbons (Fsp3) is 0.917. The normalized spacial score (nSPS) is 23.3. The van der Waals surface area contributed by atoms with E-state index in [2.05, 4.69) is 22.5 Å². The highest BCUT2D eigenvalue weighted by Crippen LogP contribution is 2.17. The Kier molecular flexibility index (Phi) is 4.18. The molecule has 4 nitrogen and oxygen atoms in total. The van der Waals surface area contributed by atoms with Crippen LogP contribution in [0.1, 0.15) is 32.6 Å². The largest absolute Gasteiger partial charge is 0.353 e. The Morgan fingerprint density at radius 2 is 2.06 bits per heavy atom. The van der Waals surface area contributed by atoms with E-state index in [9.17, 15) is 4.79 Å². The van der Waals surface area contributed by atoms with Gasteiger partial charge in [-0.05, 0) is 45.7 Å². The SMILES string of the molecule is CC(CNC(=O)CNC1CC1)N1CCCC1. The number of nitrogens with one attached hydrogen (secondary N) is 2. The van der Waals surface area contributed by atoms with Gasteiger partial charge >= 0.3 is 0 Å². The molecule has 1 amide bonds. The van der Waals surface area contributed by atoms with Crippen LogP contribution in [0.3, 0.4) is 0 Å². The van der Waals surface area contributed by atoms with E-state index in [1.54, 1.807) is 0 Å². The van der Waals surface area contributed by atoms with Crippen molar-refractivity contribution in [2.45, 2.75) is 44.7 Å². The molecular weight excluding hydrogens is 202 g/mol. The molecule has 2 aliphatic rings. The molecule has 0 aromatic rings.